The molecule has 1 aromatic rings. The molecule has 122 valence electrons. The molecule has 1 amide bonds. The molecule has 4 heteroatoms. The monoisotopic (exact) mass is 322 g/mol. The molecule has 1 aromatic carbocycles. The SMILES string of the molecule is Cl.N[C@@H]1CN(C(=O)C2CCCCCC2)C[C@H]1c1ccccc1. The summed E-state index contributed by atoms with van der Waals surface area (Å²) in [5, 5.41) is 0. The quantitative estimate of drug-likeness (QED) is 0.849. The van der Waals surface area contributed by atoms with Gasteiger partial charge in [0.05, 0.1) is 0 Å². The van der Waals surface area contributed by atoms with E-state index in [1.165, 1.54) is 31.2 Å². The van der Waals surface area contributed by atoms with Gasteiger partial charge in [0.25, 0.3) is 0 Å². The first-order valence-corrected chi connectivity index (χ1v) is 8.35. The van der Waals surface area contributed by atoms with Crippen LogP contribution in [-0.4, -0.2) is 29.9 Å². The van der Waals surface area contributed by atoms with E-state index in [1.807, 2.05) is 11.0 Å². The summed E-state index contributed by atoms with van der Waals surface area (Å²) in [7, 11) is 0. The van der Waals surface area contributed by atoms with Gasteiger partial charge in [-0.3, -0.25) is 4.79 Å². The molecule has 0 bridgehead atoms. The van der Waals surface area contributed by atoms with Crippen LogP contribution in [0.1, 0.15) is 50.0 Å². The number of rotatable bonds is 2. The van der Waals surface area contributed by atoms with E-state index in [1.54, 1.807) is 0 Å². The first-order valence-electron chi connectivity index (χ1n) is 8.35. The van der Waals surface area contributed by atoms with Crippen LogP contribution in [0.15, 0.2) is 30.3 Å². The van der Waals surface area contributed by atoms with Crippen molar-refractivity contribution in [3.63, 3.8) is 0 Å². The lowest BCUT2D eigenvalue weighted by Gasteiger charge is -2.22. The summed E-state index contributed by atoms with van der Waals surface area (Å²) in [6.45, 7) is 1.51. The number of likely N-dealkylation sites (tertiary alicyclic amines) is 1. The fourth-order valence-electron chi connectivity index (χ4n) is 3.85. The van der Waals surface area contributed by atoms with Gasteiger partial charge in [0, 0.05) is 31.0 Å². The molecule has 0 spiro atoms. The zero-order valence-corrected chi connectivity index (χ0v) is 13.9. The average Bonchev–Trinajstić information content (AvgIpc) is 2.74. The third-order valence-electron chi connectivity index (χ3n) is 5.11. The molecule has 2 N–H and O–H groups in total. The molecular weight excluding hydrogens is 296 g/mol. The topological polar surface area (TPSA) is 46.3 Å². The summed E-state index contributed by atoms with van der Waals surface area (Å²) in [6.07, 6.45) is 7.13. The van der Waals surface area contributed by atoms with Crippen molar-refractivity contribution in [3.8, 4) is 0 Å². The summed E-state index contributed by atoms with van der Waals surface area (Å²) in [5.74, 6) is 0.890. The summed E-state index contributed by atoms with van der Waals surface area (Å²) >= 11 is 0. The maximum Gasteiger partial charge on any atom is 0.225 e. The van der Waals surface area contributed by atoms with Gasteiger partial charge in [-0.15, -0.1) is 12.4 Å². The van der Waals surface area contributed by atoms with Gasteiger partial charge in [-0.25, -0.2) is 0 Å². The van der Waals surface area contributed by atoms with E-state index in [0.29, 0.717) is 11.8 Å². The van der Waals surface area contributed by atoms with Gasteiger partial charge in [-0.2, -0.15) is 0 Å². The van der Waals surface area contributed by atoms with Crippen LogP contribution < -0.4 is 5.73 Å². The molecule has 3 rings (SSSR count). The fraction of sp³-hybridized carbons (Fsp3) is 0.611. The van der Waals surface area contributed by atoms with E-state index in [4.69, 9.17) is 5.73 Å². The zero-order valence-electron chi connectivity index (χ0n) is 13.1. The summed E-state index contributed by atoms with van der Waals surface area (Å²) in [4.78, 5) is 14.8. The summed E-state index contributed by atoms with van der Waals surface area (Å²) < 4.78 is 0. The third kappa shape index (κ3) is 3.82. The van der Waals surface area contributed by atoms with Crippen molar-refractivity contribution in [1.29, 1.82) is 0 Å². The Kier molecular flexibility index (Phi) is 6.27. The minimum atomic E-state index is 0. The Labute approximate surface area is 139 Å². The highest BCUT2D eigenvalue weighted by Crippen LogP contribution is 2.30. The van der Waals surface area contributed by atoms with Crippen LogP contribution in [0.25, 0.3) is 0 Å². The predicted octanol–water partition coefficient (Wildman–Crippen LogP) is 3.33. The molecule has 1 aliphatic heterocycles. The number of halogens is 1. The summed E-state index contributed by atoms with van der Waals surface area (Å²) in [5.41, 5.74) is 7.57. The Bertz CT molecular complexity index is 471. The third-order valence-corrected chi connectivity index (χ3v) is 5.11. The van der Waals surface area contributed by atoms with Gasteiger partial charge in [0.2, 0.25) is 5.91 Å². The van der Waals surface area contributed by atoms with Crippen LogP contribution in [0.4, 0.5) is 0 Å². The van der Waals surface area contributed by atoms with E-state index >= 15 is 0 Å². The molecule has 2 fully saturated rings. The minimum Gasteiger partial charge on any atom is -0.340 e. The van der Waals surface area contributed by atoms with Crippen LogP contribution >= 0.6 is 12.4 Å². The number of hydrogen-bond acceptors (Lipinski definition) is 2. The molecule has 2 aliphatic rings. The number of nitrogens with zero attached hydrogens (tertiary/aromatic N) is 1. The molecule has 0 radical (unpaired) electrons. The predicted molar refractivity (Wildman–Crippen MR) is 92.2 cm³/mol. The Hall–Kier alpha value is -1.06. The fourth-order valence-corrected chi connectivity index (χ4v) is 3.85. The second-order valence-electron chi connectivity index (χ2n) is 6.61. The molecule has 3 nitrogen and oxygen atoms in total. The van der Waals surface area contributed by atoms with Crippen LogP contribution in [0, 0.1) is 5.92 Å². The smallest absolute Gasteiger partial charge is 0.225 e. The second-order valence-corrected chi connectivity index (χ2v) is 6.61. The number of amides is 1. The standard InChI is InChI=1S/C18H26N2O.ClH/c19-17-13-20(12-16(17)14-8-6-3-7-9-14)18(21)15-10-4-1-2-5-11-15;/h3,6-9,15-17H,1-2,4-5,10-13,19H2;1H/t16-,17+;/m0./s1. The van der Waals surface area contributed by atoms with Crippen molar-refractivity contribution in [2.75, 3.05) is 13.1 Å². The number of carbonyl (C=O) groups is 1. The summed E-state index contributed by atoms with van der Waals surface area (Å²) in [6, 6.07) is 10.5. The highest BCUT2D eigenvalue weighted by Gasteiger charge is 2.36. The van der Waals surface area contributed by atoms with E-state index in [2.05, 4.69) is 24.3 Å². The van der Waals surface area contributed by atoms with Gasteiger partial charge < -0.3 is 10.6 Å². The maximum atomic E-state index is 12.7. The van der Waals surface area contributed by atoms with Crippen molar-refractivity contribution in [2.24, 2.45) is 11.7 Å². The molecule has 1 saturated carbocycles. The lowest BCUT2D eigenvalue weighted by Crippen LogP contribution is -2.36. The van der Waals surface area contributed by atoms with Gasteiger partial charge in [0.15, 0.2) is 0 Å². The Morgan fingerprint density at radius 3 is 2.27 bits per heavy atom. The molecule has 1 aliphatic carbocycles. The lowest BCUT2D eigenvalue weighted by molar-refractivity contribution is -0.134. The highest BCUT2D eigenvalue weighted by molar-refractivity contribution is 5.85. The minimum absolute atomic E-state index is 0. The molecule has 1 heterocycles. The van der Waals surface area contributed by atoms with Gasteiger partial charge >= 0.3 is 0 Å². The first kappa shape index (κ1) is 17.3. The average molecular weight is 323 g/mol. The Morgan fingerprint density at radius 2 is 1.64 bits per heavy atom. The number of carbonyl (C=O) groups excluding carboxylic acids is 1. The van der Waals surface area contributed by atoms with Crippen LogP contribution in [0.3, 0.4) is 0 Å². The lowest BCUT2D eigenvalue weighted by atomic mass is 9.95. The normalized spacial score (nSPS) is 26.3. The molecule has 1 saturated heterocycles. The van der Waals surface area contributed by atoms with Crippen LogP contribution in [-0.2, 0) is 4.79 Å². The van der Waals surface area contributed by atoms with Gasteiger partial charge in [0.1, 0.15) is 0 Å². The molecule has 0 unspecified atom stereocenters. The second kappa shape index (κ2) is 7.98. The molecule has 22 heavy (non-hydrogen) atoms. The van der Waals surface area contributed by atoms with Crippen molar-refractivity contribution >= 4 is 18.3 Å². The van der Waals surface area contributed by atoms with Gasteiger partial charge in [-0.05, 0) is 18.4 Å². The van der Waals surface area contributed by atoms with Crippen molar-refractivity contribution in [1.82, 2.24) is 4.90 Å². The van der Waals surface area contributed by atoms with Crippen molar-refractivity contribution in [3.05, 3.63) is 35.9 Å². The number of nitrogens with two attached hydrogens (primary N) is 1. The maximum absolute atomic E-state index is 12.7. The van der Waals surface area contributed by atoms with Crippen molar-refractivity contribution < 1.29 is 4.79 Å². The first-order chi connectivity index (χ1) is 10.3. The molecular formula is C18H27ClN2O. The highest BCUT2D eigenvalue weighted by atomic mass is 35.5. The van der Waals surface area contributed by atoms with Crippen LogP contribution in [0.5, 0.6) is 0 Å². The Morgan fingerprint density at radius 1 is 1.00 bits per heavy atom. The molecule has 2 atom stereocenters. The largest absolute Gasteiger partial charge is 0.340 e. The van der Waals surface area contributed by atoms with Crippen molar-refractivity contribution in [2.45, 2.75) is 50.5 Å². The van der Waals surface area contributed by atoms with E-state index < -0.39 is 0 Å². The van der Waals surface area contributed by atoms with E-state index in [9.17, 15) is 4.79 Å². The van der Waals surface area contributed by atoms with Crippen LogP contribution in [0.2, 0.25) is 0 Å². The molecule has 0 aromatic heterocycles. The van der Waals surface area contributed by atoms with E-state index in [0.717, 1.165) is 25.9 Å². The Balaban J connectivity index is 0.00000176. The number of hydrogen-bond donors (Lipinski definition) is 1. The number of benzene rings is 1. The zero-order chi connectivity index (χ0) is 14.7. The van der Waals surface area contributed by atoms with E-state index in [-0.39, 0.29) is 24.4 Å². The van der Waals surface area contributed by atoms with Gasteiger partial charge in [-0.1, -0.05) is 56.0 Å².